The molecule has 20 heavy (non-hydrogen) atoms. The van der Waals surface area contributed by atoms with Gasteiger partial charge in [0, 0.05) is 0 Å². The first-order valence-corrected chi connectivity index (χ1v) is 8.95. The molecule has 0 fully saturated rings. The molecule has 0 heterocycles. The van der Waals surface area contributed by atoms with Crippen molar-refractivity contribution in [3.8, 4) is 0 Å². The first-order valence-electron chi connectivity index (χ1n) is 6.07. The standard InChI is InChI=1S/C13H19NO4S2/c1-9-4-5-12(10(2)8-9)20(17,18)14-11(13(15)16)6-7-19-3/h4-5,8,11,14H,6-7H2,1-3H3,(H,15,16)/p-1/t11-/m0/s1. The van der Waals surface area contributed by atoms with Gasteiger partial charge in [-0.1, -0.05) is 17.7 Å². The highest BCUT2D eigenvalue weighted by atomic mass is 32.2. The normalized spacial score (nSPS) is 13.2. The Hall–Kier alpha value is -1.05. The van der Waals surface area contributed by atoms with E-state index in [-0.39, 0.29) is 11.3 Å². The number of carbonyl (C=O) groups is 1. The van der Waals surface area contributed by atoms with Crippen LogP contribution in [0, 0.1) is 13.8 Å². The van der Waals surface area contributed by atoms with Gasteiger partial charge in [-0.2, -0.15) is 11.8 Å². The highest BCUT2D eigenvalue weighted by molar-refractivity contribution is 7.98. The quantitative estimate of drug-likeness (QED) is 0.789. The number of sulfonamides is 1. The minimum atomic E-state index is -3.86. The number of thioether (sulfide) groups is 1. The van der Waals surface area contributed by atoms with Crippen LogP contribution in [-0.2, 0) is 14.8 Å². The minimum Gasteiger partial charge on any atom is -0.548 e. The monoisotopic (exact) mass is 316 g/mol. The lowest BCUT2D eigenvalue weighted by atomic mass is 10.2. The first-order chi connectivity index (χ1) is 9.27. The van der Waals surface area contributed by atoms with Gasteiger partial charge in [0.25, 0.3) is 0 Å². The molecule has 1 atom stereocenters. The molecular weight excluding hydrogens is 298 g/mol. The number of hydrogen-bond acceptors (Lipinski definition) is 5. The van der Waals surface area contributed by atoms with E-state index in [0.717, 1.165) is 5.56 Å². The van der Waals surface area contributed by atoms with Crippen molar-refractivity contribution in [1.82, 2.24) is 4.72 Å². The maximum atomic E-state index is 12.2. The fraction of sp³-hybridized carbons (Fsp3) is 0.462. The van der Waals surface area contributed by atoms with Crippen molar-refractivity contribution in [2.45, 2.75) is 31.2 Å². The Morgan fingerprint density at radius 1 is 1.40 bits per heavy atom. The van der Waals surface area contributed by atoms with Crippen LogP contribution in [-0.4, -0.2) is 32.4 Å². The van der Waals surface area contributed by atoms with E-state index in [0.29, 0.717) is 11.3 Å². The van der Waals surface area contributed by atoms with Crippen molar-refractivity contribution >= 4 is 27.8 Å². The van der Waals surface area contributed by atoms with E-state index in [1.165, 1.54) is 17.8 Å². The summed E-state index contributed by atoms with van der Waals surface area (Å²) in [6.45, 7) is 3.54. The molecule has 0 aliphatic heterocycles. The number of carbonyl (C=O) groups excluding carboxylic acids is 1. The topological polar surface area (TPSA) is 86.3 Å². The number of rotatable bonds is 7. The number of aliphatic carboxylic acids is 1. The molecule has 7 heteroatoms. The van der Waals surface area contributed by atoms with Crippen LogP contribution in [0.25, 0.3) is 0 Å². The van der Waals surface area contributed by atoms with Crippen LogP contribution in [0.15, 0.2) is 23.1 Å². The van der Waals surface area contributed by atoms with Crippen molar-refractivity contribution in [2.75, 3.05) is 12.0 Å². The zero-order valence-corrected chi connectivity index (χ0v) is 13.3. The van der Waals surface area contributed by atoms with Crippen molar-refractivity contribution < 1.29 is 18.3 Å². The predicted molar refractivity (Wildman–Crippen MR) is 78.0 cm³/mol. The molecule has 1 rings (SSSR count). The van der Waals surface area contributed by atoms with Crippen LogP contribution in [0.4, 0.5) is 0 Å². The third kappa shape index (κ3) is 4.50. The molecule has 0 bridgehead atoms. The van der Waals surface area contributed by atoms with Gasteiger partial charge in [-0.05, 0) is 43.9 Å². The Kier molecular flexibility index (Phi) is 6.04. The number of nitrogens with one attached hydrogen (secondary N) is 1. The summed E-state index contributed by atoms with van der Waals surface area (Å²) < 4.78 is 26.7. The Morgan fingerprint density at radius 3 is 2.55 bits per heavy atom. The Labute approximate surface area is 123 Å². The molecule has 112 valence electrons. The number of hydrogen-bond donors (Lipinski definition) is 1. The van der Waals surface area contributed by atoms with E-state index >= 15 is 0 Å². The maximum Gasteiger partial charge on any atom is 0.241 e. The van der Waals surface area contributed by atoms with E-state index in [1.807, 2.05) is 13.2 Å². The van der Waals surface area contributed by atoms with Crippen LogP contribution >= 0.6 is 11.8 Å². The summed E-state index contributed by atoms with van der Waals surface area (Å²) in [5, 5.41) is 11.0. The SMILES string of the molecule is CSCC[C@H](NS(=O)(=O)c1ccc(C)cc1C)C(=O)[O-]. The summed E-state index contributed by atoms with van der Waals surface area (Å²) in [7, 11) is -3.86. The zero-order chi connectivity index (χ0) is 15.3. The fourth-order valence-corrected chi connectivity index (χ4v) is 3.73. The van der Waals surface area contributed by atoms with E-state index in [9.17, 15) is 18.3 Å². The molecule has 0 saturated heterocycles. The second kappa shape index (κ2) is 7.10. The van der Waals surface area contributed by atoms with Crippen LogP contribution < -0.4 is 9.83 Å². The molecule has 0 aliphatic rings. The van der Waals surface area contributed by atoms with Crippen molar-refractivity contribution in [3.05, 3.63) is 29.3 Å². The van der Waals surface area contributed by atoms with Gasteiger partial charge in [-0.3, -0.25) is 0 Å². The average Bonchev–Trinajstić information content (AvgIpc) is 2.33. The lowest BCUT2D eigenvalue weighted by Crippen LogP contribution is -2.48. The van der Waals surface area contributed by atoms with Gasteiger partial charge in [0.05, 0.1) is 16.9 Å². The first kappa shape index (κ1) is 17.0. The van der Waals surface area contributed by atoms with Gasteiger partial charge in [0.1, 0.15) is 0 Å². The molecule has 0 aliphatic carbocycles. The van der Waals surface area contributed by atoms with Gasteiger partial charge >= 0.3 is 0 Å². The van der Waals surface area contributed by atoms with Crippen molar-refractivity contribution in [1.29, 1.82) is 0 Å². The number of benzene rings is 1. The van der Waals surface area contributed by atoms with E-state index in [1.54, 1.807) is 19.1 Å². The Bertz CT molecular complexity index is 584. The van der Waals surface area contributed by atoms with Gasteiger partial charge in [-0.25, -0.2) is 13.1 Å². The van der Waals surface area contributed by atoms with Gasteiger partial charge < -0.3 is 9.90 Å². The van der Waals surface area contributed by atoms with Crippen LogP contribution in [0.3, 0.4) is 0 Å². The summed E-state index contributed by atoms with van der Waals surface area (Å²) >= 11 is 1.45. The third-order valence-corrected chi connectivity index (χ3v) is 5.09. The highest BCUT2D eigenvalue weighted by Crippen LogP contribution is 2.17. The van der Waals surface area contributed by atoms with Gasteiger partial charge in [0.15, 0.2) is 0 Å². The number of carboxylic acids is 1. The molecule has 0 amide bonds. The molecule has 1 aromatic carbocycles. The smallest absolute Gasteiger partial charge is 0.241 e. The summed E-state index contributed by atoms with van der Waals surface area (Å²) in [6, 6.07) is 3.68. The van der Waals surface area contributed by atoms with E-state index in [2.05, 4.69) is 4.72 Å². The second-order valence-electron chi connectivity index (χ2n) is 4.54. The molecule has 0 aromatic heterocycles. The van der Waals surface area contributed by atoms with Gasteiger partial charge in [-0.15, -0.1) is 0 Å². The number of carboxylic acid groups (broad SMARTS) is 1. The number of aryl methyl sites for hydroxylation is 2. The summed E-state index contributed by atoms with van der Waals surface area (Å²) in [5.74, 6) is -0.874. The van der Waals surface area contributed by atoms with Crippen molar-refractivity contribution in [3.63, 3.8) is 0 Å². The molecule has 1 aromatic rings. The Morgan fingerprint density at radius 2 is 2.05 bits per heavy atom. The Balaban J connectivity index is 3.00. The summed E-state index contributed by atoms with van der Waals surface area (Å²) in [4.78, 5) is 11.1. The zero-order valence-electron chi connectivity index (χ0n) is 11.7. The van der Waals surface area contributed by atoms with Crippen LogP contribution in [0.1, 0.15) is 17.5 Å². The lowest BCUT2D eigenvalue weighted by molar-refractivity contribution is -0.308. The van der Waals surface area contributed by atoms with E-state index in [4.69, 9.17) is 0 Å². The third-order valence-electron chi connectivity index (χ3n) is 2.81. The van der Waals surface area contributed by atoms with E-state index < -0.39 is 22.0 Å². The lowest BCUT2D eigenvalue weighted by Gasteiger charge is -2.20. The molecule has 0 unspecified atom stereocenters. The van der Waals surface area contributed by atoms with Crippen LogP contribution in [0.2, 0.25) is 0 Å². The predicted octanol–water partition coefficient (Wildman–Crippen LogP) is 0.453. The highest BCUT2D eigenvalue weighted by Gasteiger charge is 2.22. The largest absolute Gasteiger partial charge is 0.548 e. The maximum absolute atomic E-state index is 12.2. The van der Waals surface area contributed by atoms with Crippen molar-refractivity contribution in [2.24, 2.45) is 0 Å². The molecule has 0 spiro atoms. The fourth-order valence-electron chi connectivity index (χ4n) is 1.81. The molecule has 1 N–H and O–H groups in total. The summed E-state index contributed by atoms with van der Waals surface area (Å²) in [5.41, 5.74) is 1.53. The summed E-state index contributed by atoms with van der Waals surface area (Å²) in [6.07, 6.45) is 2.01. The minimum absolute atomic E-state index is 0.0958. The average molecular weight is 316 g/mol. The van der Waals surface area contributed by atoms with Crippen LogP contribution in [0.5, 0.6) is 0 Å². The molecule has 0 radical (unpaired) electrons. The second-order valence-corrected chi connectivity index (χ2v) is 7.21. The molecular formula is C13H18NO4S2-. The molecule has 0 saturated carbocycles. The molecule has 5 nitrogen and oxygen atoms in total. The van der Waals surface area contributed by atoms with Gasteiger partial charge in [0.2, 0.25) is 10.0 Å².